The first-order valence-electron chi connectivity index (χ1n) is 7.57. The molecule has 1 aliphatic heterocycles. The normalized spacial score (nSPS) is 18.1. The number of nitrogens with one attached hydrogen (secondary N) is 1. The van der Waals surface area contributed by atoms with E-state index in [1.807, 2.05) is 13.8 Å². The number of benzene rings is 1. The second-order valence-electron chi connectivity index (χ2n) is 5.25. The van der Waals surface area contributed by atoms with Crippen molar-refractivity contribution in [1.82, 2.24) is 9.62 Å². The van der Waals surface area contributed by atoms with Gasteiger partial charge in [-0.25, -0.2) is 13.1 Å². The molecule has 1 N–H and O–H groups in total. The largest absolute Gasteiger partial charge is 0.494 e. The first-order chi connectivity index (χ1) is 10.5. The Kier molecular flexibility index (Phi) is 6.19. The van der Waals surface area contributed by atoms with Crippen molar-refractivity contribution in [2.75, 3.05) is 39.5 Å². The first kappa shape index (κ1) is 17.2. The van der Waals surface area contributed by atoms with Gasteiger partial charge in [0.25, 0.3) is 0 Å². The second-order valence-corrected chi connectivity index (χ2v) is 7.02. The van der Waals surface area contributed by atoms with E-state index < -0.39 is 10.0 Å². The minimum Gasteiger partial charge on any atom is -0.494 e. The molecule has 1 saturated heterocycles. The molecule has 0 spiro atoms. The van der Waals surface area contributed by atoms with Crippen LogP contribution in [0.15, 0.2) is 29.2 Å². The van der Waals surface area contributed by atoms with E-state index in [1.54, 1.807) is 24.3 Å². The zero-order chi connectivity index (χ0) is 16.0. The number of morpholine rings is 1. The van der Waals surface area contributed by atoms with Gasteiger partial charge in [0, 0.05) is 25.7 Å². The number of nitrogens with zero attached hydrogens (tertiary/aromatic N) is 1. The highest BCUT2D eigenvalue weighted by molar-refractivity contribution is 7.89. The predicted octanol–water partition coefficient (Wildman–Crippen LogP) is 1.08. The van der Waals surface area contributed by atoms with Crippen molar-refractivity contribution in [1.29, 1.82) is 0 Å². The van der Waals surface area contributed by atoms with Crippen LogP contribution in [0.4, 0.5) is 0 Å². The Balaban J connectivity index is 1.92. The topological polar surface area (TPSA) is 67.9 Å². The van der Waals surface area contributed by atoms with Gasteiger partial charge in [-0.05, 0) is 38.1 Å². The average Bonchev–Trinajstić information content (AvgIpc) is 2.54. The molecule has 1 aromatic rings. The van der Waals surface area contributed by atoms with Crippen LogP contribution in [0.3, 0.4) is 0 Å². The number of hydrogen-bond acceptors (Lipinski definition) is 5. The van der Waals surface area contributed by atoms with Gasteiger partial charge in [-0.1, -0.05) is 0 Å². The van der Waals surface area contributed by atoms with E-state index in [-0.39, 0.29) is 10.9 Å². The Morgan fingerprint density at radius 2 is 1.91 bits per heavy atom. The fraction of sp³-hybridized carbons (Fsp3) is 0.600. The molecule has 2 rings (SSSR count). The summed E-state index contributed by atoms with van der Waals surface area (Å²) in [6, 6.07) is 6.60. The van der Waals surface area contributed by atoms with Crippen LogP contribution in [0.5, 0.6) is 5.75 Å². The van der Waals surface area contributed by atoms with E-state index in [9.17, 15) is 8.42 Å². The van der Waals surface area contributed by atoms with Gasteiger partial charge >= 0.3 is 0 Å². The first-order valence-corrected chi connectivity index (χ1v) is 9.05. The molecule has 0 aliphatic carbocycles. The molecule has 1 heterocycles. The minimum atomic E-state index is -3.49. The van der Waals surface area contributed by atoms with Gasteiger partial charge in [-0.15, -0.1) is 0 Å². The van der Waals surface area contributed by atoms with Gasteiger partial charge in [0.05, 0.1) is 24.7 Å². The third-order valence-corrected chi connectivity index (χ3v) is 5.12. The molecule has 1 aromatic carbocycles. The molecule has 0 bridgehead atoms. The molecular formula is C15H24N2O4S. The van der Waals surface area contributed by atoms with Crippen LogP contribution in [0.25, 0.3) is 0 Å². The van der Waals surface area contributed by atoms with Gasteiger partial charge < -0.3 is 9.47 Å². The third-order valence-electron chi connectivity index (χ3n) is 3.68. The van der Waals surface area contributed by atoms with Crippen molar-refractivity contribution in [2.45, 2.75) is 24.8 Å². The number of hydrogen-bond donors (Lipinski definition) is 1. The highest BCUT2D eigenvalue weighted by atomic mass is 32.2. The van der Waals surface area contributed by atoms with Gasteiger partial charge in [-0.3, -0.25) is 4.90 Å². The average molecular weight is 328 g/mol. The third kappa shape index (κ3) is 4.67. The molecule has 1 aliphatic rings. The summed E-state index contributed by atoms with van der Waals surface area (Å²) >= 11 is 0. The van der Waals surface area contributed by atoms with Crippen molar-refractivity contribution < 1.29 is 17.9 Å². The molecule has 1 atom stereocenters. The second kappa shape index (κ2) is 7.92. The van der Waals surface area contributed by atoms with Crippen LogP contribution >= 0.6 is 0 Å². The lowest BCUT2D eigenvalue weighted by Gasteiger charge is -2.32. The molecule has 1 fully saturated rings. The highest BCUT2D eigenvalue weighted by Gasteiger charge is 2.20. The van der Waals surface area contributed by atoms with Crippen LogP contribution in [0.1, 0.15) is 13.8 Å². The number of rotatable bonds is 7. The van der Waals surface area contributed by atoms with E-state index in [1.165, 1.54) is 0 Å². The number of ether oxygens (including phenoxy) is 2. The summed E-state index contributed by atoms with van der Waals surface area (Å²) in [5.74, 6) is 0.670. The van der Waals surface area contributed by atoms with E-state index >= 15 is 0 Å². The smallest absolute Gasteiger partial charge is 0.240 e. The summed E-state index contributed by atoms with van der Waals surface area (Å²) in [7, 11) is -3.49. The van der Waals surface area contributed by atoms with E-state index in [0.29, 0.717) is 32.1 Å². The SMILES string of the molecule is CCOc1ccc(S(=O)(=O)NC[C@@H](C)N2CCOCC2)cc1. The Labute approximate surface area is 132 Å². The van der Waals surface area contributed by atoms with Crippen molar-refractivity contribution in [3.05, 3.63) is 24.3 Å². The van der Waals surface area contributed by atoms with Crippen molar-refractivity contribution in [2.24, 2.45) is 0 Å². The summed E-state index contributed by atoms with van der Waals surface area (Å²) in [5.41, 5.74) is 0. The fourth-order valence-corrected chi connectivity index (χ4v) is 3.46. The molecule has 0 saturated carbocycles. The summed E-state index contributed by atoms with van der Waals surface area (Å²) in [6.07, 6.45) is 0. The molecule has 0 unspecified atom stereocenters. The molecule has 22 heavy (non-hydrogen) atoms. The summed E-state index contributed by atoms with van der Waals surface area (Å²) in [5, 5.41) is 0. The molecule has 0 aromatic heterocycles. The number of sulfonamides is 1. The Morgan fingerprint density at radius 1 is 1.27 bits per heavy atom. The molecule has 124 valence electrons. The Bertz CT molecular complexity index is 553. The van der Waals surface area contributed by atoms with Crippen LogP contribution in [-0.2, 0) is 14.8 Å². The Hall–Kier alpha value is -1.15. The lowest BCUT2D eigenvalue weighted by atomic mass is 10.2. The quantitative estimate of drug-likeness (QED) is 0.811. The maximum absolute atomic E-state index is 12.3. The molecular weight excluding hydrogens is 304 g/mol. The zero-order valence-electron chi connectivity index (χ0n) is 13.1. The lowest BCUT2D eigenvalue weighted by molar-refractivity contribution is 0.0213. The van der Waals surface area contributed by atoms with Gasteiger partial charge in [0.15, 0.2) is 0 Å². The van der Waals surface area contributed by atoms with Gasteiger partial charge in [-0.2, -0.15) is 0 Å². The minimum absolute atomic E-state index is 0.140. The monoisotopic (exact) mass is 328 g/mol. The summed E-state index contributed by atoms with van der Waals surface area (Å²) in [4.78, 5) is 2.48. The summed E-state index contributed by atoms with van der Waals surface area (Å²) < 4.78 is 37.9. The maximum Gasteiger partial charge on any atom is 0.240 e. The van der Waals surface area contributed by atoms with Gasteiger partial charge in [0.2, 0.25) is 10.0 Å². The molecule has 7 heteroatoms. The van der Waals surface area contributed by atoms with Crippen LogP contribution < -0.4 is 9.46 Å². The van der Waals surface area contributed by atoms with E-state index in [4.69, 9.17) is 9.47 Å². The van der Waals surface area contributed by atoms with E-state index in [0.717, 1.165) is 13.1 Å². The Morgan fingerprint density at radius 3 is 2.50 bits per heavy atom. The zero-order valence-corrected chi connectivity index (χ0v) is 13.9. The van der Waals surface area contributed by atoms with Crippen molar-refractivity contribution >= 4 is 10.0 Å². The van der Waals surface area contributed by atoms with Crippen LogP contribution in [0, 0.1) is 0 Å². The molecule has 6 nitrogen and oxygen atoms in total. The summed E-state index contributed by atoms with van der Waals surface area (Å²) in [6.45, 7) is 7.94. The standard InChI is InChI=1S/C15H24N2O4S/c1-3-21-14-4-6-15(7-5-14)22(18,19)16-12-13(2)17-8-10-20-11-9-17/h4-7,13,16H,3,8-12H2,1-2H3/t13-/m1/s1. The highest BCUT2D eigenvalue weighted by Crippen LogP contribution is 2.16. The van der Waals surface area contributed by atoms with Crippen LogP contribution in [-0.4, -0.2) is 58.8 Å². The lowest BCUT2D eigenvalue weighted by Crippen LogP contribution is -2.47. The van der Waals surface area contributed by atoms with Crippen molar-refractivity contribution in [3.8, 4) is 5.75 Å². The van der Waals surface area contributed by atoms with Crippen molar-refractivity contribution in [3.63, 3.8) is 0 Å². The van der Waals surface area contributed by atoms with E-state index in [2.05, 4.69) is 9.62 Å². The molecule has 0 amide bonds. The predicted molar refractivity (Wildman–Crippen MR) is 84.7 cm³/mol. The maximum atomic E-state index is 12.3. The molecule has 0 radical (unpaired) electrons. The van der Waals surface area contributed by atoms with Gasteiger partial charge in [0.1, 0.15) is 5.75 Å². The fourth-order valence-electron chi connectivity index (χ4n) is 2.34. The van der Waals surface area contributed by atoms with Crippen LogP contribution in [0.2, 0.25) is 0 Å².